The highest BCUT2D eigenvalue weighted by Gasteiger charge is 2.24. The van der Waals surface area contributed by atoms with Crippen molar-refractivity contribution < 1.29 is 4.79 Å². The van der Waals surface area contributed by atoms with Gasteiger partial charge in [-0.2, -0.15) is 0 Å². The Balaban J connectivity index is 2.55. The first kappa shape index (κ1) is 8.13. The van der Waals surface area contributed by atoms with Crippen LogP contribution in [0.1, 0.15) is 33.1 Å². The van der Waals surface area contributed by atoms with Crippen molar-refractivity contribution in [1.29, 1.82) is 0 Å². The normalized spacial score (nSPS) is 28.5. The number of nitrogens with one attached hydrogen (secondary N) is 1. The third kappa shape index (κ3) is 2.27. The third-order valence-electron chi connectivity index (χ3n) is 1.88. The van der Waals surface area contributed by atoms with Gasteiger partial charge in [-0.1, -0.05) is 0 Å². The number of rotatable bonds is 1. The molecule has 1 N–H and O–H groups in total. The quantitative estimate of drug-likeness (QED) is 0.558. The van der Waals surface area contributed by atoms with Crippen LogP contribution in [0.3, 0.4) is 0 Å². The van der Waals surface area contributed by atoms with Gasteiger partial charge in [-0.3, -0.25) is 4.79 Å². The molecular weight excluding hydrogens is 138 g/mol. The van der Waals surface area contributed by atoms with Gasteiger partial charge in [0.25, 0.3) is 0 Å². The smallest absolute Gasteiger partial charge is 0.217 e. The standard InChI is InChI=1S/C9H13NO/c1-8(11)10-9(2)6-4-3-5-7-9/h4,6-7H2,1-2H3,(H,10,11). The molecule has 11 heavy (non-hydrogen) atoms. The zero-order valence-corrected chi connectivity index (χ0v) is 7.03. The van der Waals surface area contributed by atoms with Crippen LogP contribution in [-0.4, -0.2) is 11.4 Å². The van der Waals surface area contributed by atoms with E-state index < -0.39 is 0 Å². The monoisotopic (exact) mass is 151 g/mol. The number of hydrogen-bond acceptors (Lipinski definition) is 1. The van der Waals surface area contributed by atoms with Crippen LogP contribution in [0.2, 0.25) is 0 Å². The minimum Gasteiger partial charge on any atom is -0.350 e. The highest BCUT2D eigenvalue weighted by Crippen LogP contribution is 2.18. The number of carbonyl (C=O) groups excluding carboxylic acids is 1. The van der Waals surface area contributed by atoms with Gasteiger partial charge in [-0.05, 0) is 13.3 Å². The van der Waals surface area contributed by atoms with Crippen molar-refractivity contribution in [1.82, 2.24) is 5.32 Å². The molecule has 2 heteroatoms. The molecule has 1 atom stereocenters. The molecule has 0 fully saturated rings. The Bertz CT molecular complexity index is 223. The van der Waals surface area contributed by atoms with Crippen molar-refractivity contribution in [2.45, 2.75) is 38.6 Å². The summed E-state index contributed by atoms with van der Waals surface area (Å²) < 4.78 is 0. The summed E-state index contributed by atoms with van der Waals surface area (Å²) in [6.45, 7) is 3.59. The highest BCUT2D eigenvalue weighted by molar-refractivity contribution is 5.73. The summed E-state index contributed by atoms with van der Waals surface area (Å²) >= 11 is 0. The van der Waals surface area contributed by atoms with E-state index >= 15 is 0 Å². The van der Waals surface area contributed by atoms with E-state index in [0.29, 0.717) is 0 Å². The second kappa shape index (κ2) is 2.96. The number of carbonyl (C=O) groups is 1. The average molecular weight is 151 g/mol. The van der Waals surface area contributed by atoms with E-state index in [1.165, 1.54) is 0 Å². The molecule has 0 aliphatic heterocycles. The van der Waals surface area contributed by atoms with Gasteiger partial charge in [-0.15, -0.1) is 11.8 Å². The molecule has 1 amide bonds. The fourth-order valence-corrected chi connectivity index (χ4v) is 1.30. The van der Waals surface area contributed by atoms with Crippen LogP contribution in [0.15, 0.2) is 0 Å². The molecule has 60 valence electrons. The van der Waals surface area contributed by atoms with Crippen molar-refractivity contribution >= 4 is 5.91 Å². The Kier molecular flexibility index (Phi) is 2.19. The summed E-state index contributed by atoms with van der Waals surface area (Å²) in [6, 6.07) is 0. The van der Waals surface area contributed by atoms with Gasteiger partial charge in [0.05, 0.1) is 0 Å². The van der Waals surface area contributed by atoms with Crippen LogP contribution in [0.25, 0.3) is 0 Å². The molecule has 1 aliphatic rings. The predicted molar refractivity (Wildman–Crippen MR) is 43.8 cm³/mol. The fraction of sp³-hybridized carbons (Fsp3) is 0.667. The SMILES string of the molecule is CC(=O)NC1(C)CC#CCC1. The van der Waals surface area contributed by atoms with E-state index in [9.17, 15) is 4.79 Å². The summed E-state index contributed by atoms with van der Waals surface area (Å²) in [6.07, 6.45) is 2.66. The van der Waals surface area contributed by atoms with Crippen molar-refractivity contribution in [3.05, 3.63) is 0 Å². The molecular formula is C9H13NO. The van der Waals surface area contributed by atoms with Crippen LogP contribution in [0.5, 0.6) is 0 Å². The predicted octanol–water partition coefficient (Wildman–Crippen LogP) is 1.07. The lowest BCUT2D eigenvalue weighted by Gasteiger charge is -2.29. The minimum absolute atomic E-state index is 0.0381. The lowest BCUT2D eigenvalue weighted by Crippen LogP contribution is -2.45. The van der Waals surface area contributed by atoms with Gasteiger partial charge in [0.15, 0.2) is 0 Å². The summed E-state index contributed by atoms with van der Waals surface area (Å²) in [4.78, 5) is 10.8. The number of amides is 1. The van der Waals surface area contributed by atoms with Crippen molar-refractivity contribution in [2.75, 3.05) is 0 Å². The van der Waals surface area contributed by atoms with Crippen LogP contribution in [-0.2, 0) is 4.79 Å². The topological polar surface area (TPSA) is 29.1 Å². The molecule has 0 aromatic heterocycles. The first-order valence-corrected chi connectivity index (χ1v) is 3.87. The van der Waals surface area contributed by atoms with Gasteiger partial charge in [-0.25, -0.2) is 0 Å². The van der Waals surface area contributed by atoms with Crippen molar-refractivity contribution in [3.8, 4) is 11.8 Å². The largest absolute Gasteiger partial charge is 0.350 e. The third-order valence-corrected chi connectivity index (χ3v) is 1.88. The van der Waals surface area contributed by atoms with Crippen LogP contribution >= 0.6 is 0 Å². The van der Waals surface area contributed by atoms with Crippen LogP contribution in [0.4, 0.5) is 0 Å². The second-order valence-corrected chi connectivity index (χ2v) is 3.27. The van der Waals surface area contributed by atoms with Crippen molar-refractivity contribution in [3.63, 3.8) is 0 Å². The first-order chi connectivity index (χ1) is 5.12. The zero-order chi connectivity index (χ0) is 8.32. The Hall–Kier alpha value is -0.970. The van der Waals surface area contributed by atoms with E-state index in [1.54, 1.807) is 6.92 Å². The molecule has 0 saturated heterocycles. The molecule has 0 bridgehead atoms. The molecule has 1 aliphatic carbocycles. The number of hydrogen-bond donors (Lipinski definition) is 1. The Morgan fingerprint density at radius 1 is 1.55 bits per heavy atom. The van der Waals surface area contributed by atoms with E-state index in [-0.39, 0.29) is 11.4 Å². The maximum atomic E-state index is 10.8. The summed E-state index contributed by atoms with van der Waals surface area (Å²) in [5, 5.41) is 2.92. The Labute approximate surface area is 67.4 Å². The molecule has 1 rings (SSSR count). The van der Waals surface area contributed by atoms with Gasteiger partial charge < -0.3 is 5.32 Å². The second-order valence-electron chi connectivity index (χ2n) is 3.27. The summed E-state index contributed by atoms with van der Waals surface area (Å²) in [7, 11) is 0. The van der Waals surface area contributed by atoms with E-state index in [2.05, 4.69) is 17.2 Å². The van der Waals surface area contributed by atoms with Crippen molar-refractivity contribution in [2.24, 2.45) is 0 Å². The minimum atomic E-state index is -0.0723. The maximum absolute atomic E-state index is 10.8. The molecule has 1 unspecified atom stereocenters. The molecule has 0 radical (unpaired) electrons. The zero-order valence-electron chi connectivity index (χ0n) is 7.03. The fourth-order valence-electron chi connectivity index (χ4n) is 1.30. The molecule has 0 spiro atoms. The Morgan fingerprint density at radius 2 is 2.27 bits per heavy atom. The maximum Gasteiger partial charge on any atom is 0.217 e. The van der Waals surface area contributed by atoms with E-state index in [0.717, 1.165) is 19.3 Å². The highest BCUT2D eigenvalue weighted by atomic mass is 16.1. The summed E-state index contributed by atoms with van der Waals surface area (Å²) in [5.41, 5.74) is -0.0723. The van der Waals surface area contributed by atoms with Gasteiger partial charge in [0.1, 0.15) is 0 Å². The van der Waals surface area contributed by atoms with E-state index in [1.807, 2.05) is 6.92 Å². The molecule has 0 saturated carbocycles. The van der Waals surface area contributed by atoms with Gasteiger partial charge in [0, 0.05) is 25.3 Å². The van der Waals surface area contributed by atoms with Gasteiger partial charge in [0.2, 0.25) is 5.91 Å². The van der Waals surface area contributed by atoms with Gasteiger partial charge >= 0.3 is 0 Å². The molecule has 0 aromatic carbocycles. The molecule has 2 nitrogen and oxygen atoms in total. The van der Waals surface area contributed by atoms with Crippen LogP contribution < -0.4 is 5.32 Å². The molecule has 0 heterocycles. The molecule has 0 aromatic rings. The summed E-state index contributed by atoms with van der Waals surface area (Å²) in [5.74, 6) is 6.07. The average Bonchev–Trinajstić information content (AvgIpc) is 1.85. The Morgan fingerprint density at radius 3 is 2.73 bits per heavy atom. The lowest BCUT2D eigenvalue weighted by molar-refractivity contribution is -0.120. The first-order valence-electron chi connectivity index (χ1n) is 3.87. The van der Waals surface area contributed by atoms with Crippen LogP contribution in [0, 0.1) is 11.8 Å². The lowest BCUT2D eigenvalue weighted by atomic mass is 9.89. The van der Waals surface area contributed by atoms with E-state index in [4.69, 9.17) is 0 Å².